The number of amides is 2. The Balaban J connectivity index is 1.82. The van der Waals surface area contributed by atoms with Crippen molar-refractivity contribution in [2.75, 3.05) is 44.7 Å². The van der Waals surface area contributed by atoms with Crippen LogP contribution in [0, 0.1) is 0 Å². The van der Waals surface area contributed by atoms with Gasteiger partial charge in [0.25, 0.3) is 11.8 Å². The van der Waals surface area contributed by atoms with Crippen LogP contribution < -0.4 is 9.64 Å². The summed E-state index contributed by atoms with van der Waals surface area (Å²) in [7, 11) is 2.03. The van der Waals surface area contributed by atoms with Gasteiger partial charge >= 0.3 is 0 Å². The number of hydrogen-bond acceptors (Lipinski definition) is 5. The number of imide groups is 1. The molecule has 0 aromatic heterocycles. The van der Waals surface area contributed by atoms with Gasteiger partial charge in [-0.05, 0) is 38.2 Å². The van der Waals surface area contributed by atoms with Crippen LogP contribution >= 0.6 is 11.6 Å². The van der Waals surface area contributed by atoms with Gasteiger partial charge in [0, 0.05) is 26.2 Å². The Morgan fingerprint density at radius 1 is 1.04 bits per heavy atom. The number of hydrogen-bond donors (Lipinski definition) is 0. The number of piperazine rings is 1. The molecule has 0 bridgehead atoms. The van der Waals surface area contributed by atoms with Crippen LogP contribution in [0.15, 0.2) is 35.0 Å². The summed E-state index contributed by atoms with van der Waals surface area (Å²) in [5.41, 5.74) is 0.805. The molecule has 2 heterocycles. The Labute approximate surface area is 146 Å². The third-order valence-corrected chi connectivity index (χ3v) is 4.57. The highest BCUT2D eigenvalue weighted by Crippen LogP contribution is 2.32. The average molecular weight is 350 g/mol. The molecule has 24 heavy (non-hydrogen) atoms. The lowest BCUT2D eigenvalue weighted by atomic mass is 10.2. The SMILES string of the molecule is CCOc1ccc(N2C(=O)C(Cl)=C(N3CCN(C)CC3)C2=O)cc1. The number of halogens is 1. The minimum Gasteiger partial charge on any atom is -0.494 e. The van der Waals surface area contributed by atoms with Crippen LogP contribution in [-0.2, 0) is 9.59 Å². The summed E-state index contributed by atoms with van der Waals surface area (Å²) in [4.78, 5) is 30.5. The molecule has 0 saturated carbocycles. The summed E-state index contributed by atoms with van der Waals surface area (Å²) in [6.07, 6.45) is 0. The van der Waals surface area contributed by atoms with Gasteiger partial charge in [-0.3, -0.25) is 9.59 Å². The van der Waals surface area contributed by atoms with Crippen LogP contribution in [0.25, 0.3) is 0 Å². The molecule has 2 aliphatic rings. The fourth-order valence-electron chi connectivity index (χ4n) is 2.89. The van der Waals surface area contributed by atoms with Gasteiger partial charge in [0.1, 0.15) is 16.5 Å². The molecule has 7 heteroatoms. The predicted octanol–water partition coefficient (Wildman–Crippen LogP) is 1.66. The molecule has 0 spiro atoms. The van der Waals surface area contributed by atoms with Crippen molar-refractivity contribution in [1.29, 1.82) is 0 Å². The second-order valence-corrected chi connectivity index (χ2v) is 6.20. The molecule has 0 atom stereocenters. The number of benzene rings is 1. The first-order valence-electron chi connectivity index (χ1n) is 7.98. The number of nitrogens with zero attached hydrogens (tertiary/aromatic N) is 3. The van der Waals surface area contributed by atoms with Gasteiger partial charge in [0.15, 0.2) is 0 Å². The third kappa shape index (κ3) is 2.99. The smallest absolute Gasteiger partial charge is 0.283 e. The molecule has 128 valence electrons. The van der Waals surface area contributed by atoms with Gasteiger partial charge in [-0.25, -0.2) is 4.90 Å². The van der Waals surface area contributed by atoms with Gasteiger partial charge in [-0.1, -0.05) is 11.6 Å². The van der Waals surface area contributed by atoms with Gasteiger partial charge in [-0.2, -0.15) is 0 Å². The van der Waals surface area contributed by atoms with Crippen LogP contribution in [0.3, 0.4) is 0 Å². The standard InChI is InChI=1S/C17H20ClN3O3/c1-3-24-13-6-4-12(5-7-13)21-16(22)14(18)15(17(21)23)20-10-8-19(2)9-11-20/h4-7H,3,8-11H2,1-2H3. The van der Waals surface area contributed by atoms with E-state index in [0.29, 0.717) is 36.8 Å². The topological polar surface area (TPSA) is 53.1 Å². The molecular formula is C17H20ClN3O3. The molecule has 1 saturated heterocycles. The zero-order valence-electron chi connectivity index (χ0n) is 13.8. The highest BCUT2D eigenvalue weighted by Gasteiger charge is 2.41. The monoisotopic (exact) mass is 349 g/mol. The largest absolute Gasteiger partial charge is 0.494 e. The van der Waals surface area contributed by atoms with E-state index >= 15 is 0 Å². The predicted molar refractivity (Wildman–Crippen MR) is 92.1 cm³/mol. The molecule has 1 aromatic rings. The number of anilines is 1. The first kappa shape index (κ1) is 16.8. The Hall–Kier alpha value is -2.05. The van der Waals surface area contributed by atoms with E-state index in [-0.39, 0.29) is 10.9 Å². The molecule has 3 rings (SSSR count). The average Bonchev–Trinajstić information content (AvgIpc) is 2.80. The quantitative estimate of drug-likeness (QED) is 0.774. The molecule has 0 radical (unpaired) electrons. The second kappa shape index (κ2) is 6.83. The molecule has 1 aromatic carbocycles. The highest BCUT2D eigenvalue weighted by molar-refractivity contribution is 6.52. The lowest BCUT2D eigenvalue weighted by Crippen LogP contribution is -2.46. The van der Waals surface area contributed by atoms with E-state index < -0.39 is 5.91 Å². The summed E-state index contributed by atoms with van der Waals surface area (Å²) in [5.74, 6) is -0.142. The second-order valence-electron chi connectivity index (χ2n) is 5.83. The van der Waals surface area contributed by atoms with Crippen LogP contribution in [0.5, 0.6) is 5.75 Å². The maximum absolute atomic E-state index is 12.8. The van der Waals surface area contributed by atoms with Crippen molar-refractivity contribution in [2.45, 2.75) is 6.92 Å². The number of likely N-dealkylation sites (N-methyl/N-ethyl adjacent to an activating group) is 1. The first-order chi connectivity index (χ1) is 11.5. The normalized spacial score (nSPS) is 19.5. The van der Waals surface area contributed by atoms with Gasteiger partial charge in [0.05, 0.1) is 12.3 Å². The van der Waals surface area contributed by atoms with Crippen molar-refractivity contribution in [3.63, 3.8) is 0 Å². The lowest BCUT2D eigenvalue weighted by molar-refractivity contribution is -0.121. The van der Waals surface area contributed by atoms with E-state index in [0.717, 1.165) is 18.0 Å². The van der Waals surface area contributed by atoms with Crippen LogP contribution in [0.4, 0.5) is 5.69 Å². The third-order valence-electron chi connectivity index (χ3n) is 4.23. The van der Waals surface area contributed by atoms with Gasteiger partial charge < -0.3 is 14.5 Å². The van der Waals surface area contributed by atoms with E-state index in [2.05, 4.69) is 4.90 Å². The zero-order chi connectivity index (χ0) is 17.3. The summed E-state index contributed by atoms with van der Waals surface area (Å²) in [6.45, 7) is 5.47. The van der Waals surface area contributed by atoms with Crippen LogP contribution in [0.1, 0.15) is 6.92 Å². The van der Waals surface area contributed by atoms with Crippen LogP contribution in [-0.4, -0.2) is 61.4 Å². The first-order valence-corrected chi connectivity index (χ1v) is 8.35. The van der Waals surface area contributed by atoms with E-state index in [4.69, 9.17) is 16.3 Å². The fraction of sp³-hybridized carbons (Fsp3) is 0.412. The summed E-state index contributed by atoms with van der Waals surface area (Å²) in [5, 5.41) is -0.00145. The number of carbonyl (C=O) groups is 2. The number of rotatable bonds is 4. The van der Waals surface area contributed by atoms with Crippen LogP contribution in [0.2, 0.25) is 0 Å². The molecule has 1 fully saturated rings. The molecule has 0 N–H and O–H groups in total. The molecule has 2 aliphatic heterocycles. The number of ether oxygens (including phenoxy) is 1. The lowest BCUT2D eigenvalue weighted by Gasteiger charge is -2.34. The highest BCUT2D eigenvalue weighted by atomic mass is 35.5. The van der Waals surface area contributed by atoms with E-state index in [1.807, 2.05) is 18.9 Å². The summed E-state index contributed by atoms with van der Waals surface area (Å²) in [6, 6.07) is 6.86. The van der Waals surface area contributed by atoms with Crippen molar-refractivity contribution in [3.8, 4) is 5.75 Å². The van der Waals surface area contributed by atoms with Crippen molar-refractivity contribution in [1.82, 2.24) is 9.80 Å². The Bertz CT molecular complexity index is 679. The molecular weight excluding hydrogens is 330 g/mol. The minimum atomic E-state index is -0.472. The van der Waals surface area contributed by atoms with E-state index in [1.165, 1.54) is 0 Å². The summed E-state index contributed by atoms with van der Waals surface area (Å²) < 4.78 is 5.39. The van der Waals surface area contributed by atoms with Gasteiger partial charge in [0.2, 0.25) is 0 Å². The van der Waals surface area contributed by atoms with Crippen molar-refractivity contribution in [3.05, 3.63) is 35.0 Å². The Morgan fingerprint density at radius 2 is 1.67 bits per heavy atom. The molecule has 0 aliphatic carbocycles. The van der Waals surface area contributed by atoms with Crippen molar-refractivity contribution < 1.29 is 14.3 Å². The minimum absolute atomic E-state index is 0.00145. The van der Waals surface area contributed by atoms with E-state index in [1.54, 1.807) is 24.3 Å². The van der Waals surface area contributed by atoms with Crippen molar-refractivity contribution >= 4 is 29.1 Å². The maximum atomic E-state index is 12.8. The zero-order valence-corrected chi connectivity index (χ0v) is 14.5. The number of carbonyl (C=O) groups excluding carboxylic acids is 2. The summed E-state index contributed by atoms with van der Waals surface area (Å²) >= 11 is 6.21. The Kier molecular flexibility index (Phi) is 4.78. The maximum Gasteiger partial charge on any atom is 0.283 e. The molecule has 2 amide bonds. The van der Waals surface area contributed by atoms with Crippen molar-refractivity contribution in [2.24, 2.45) is 0 Å². The fourth-order valence-corrected chi connectivity index (χ4v) is 3.17. The van der Waals surface area contributed by atoms with E-state index in [9.17, 15) is 9.59 Å². The Morgan fingerprint density at radius 3 is 2.25 bits per heavy atom. The molecule has 0 unspecified atom stereocenters. The molecule has 6 nitrogen and oxygen atoms in total. The van der Waals surface area contributed by atoms with Gasteiger partial charge in [-0.15, -0.1) is 0 Å².